The summed E-state index contributed by atoms with van der Waals surface area (Å²) in [7, 11) is 0. The molecule has 1 aromatic heterocycles. The monoisotopic (exact) mass is 357 g/mol. The molecule has 3 rings (SSSR count). The minimum atomic E-state index is -1.07. The number of aromatic carboxylic acids is 1. The summed E-state index contributed by atoms with van der Waals surface area (Å²) >= 11 is 5.85. The summed E-state index contributed by atoms with van der Waals surface area (Å²) in [6, 6.07) is 6.93. The van der Waals surface area contributed by atoms with Gasteiger partial charge in [0.1, 0.15) is 0 Å². The fraction of sp³-hybridized carbons (Fsp3) is 0.333. The van der Waals surface area contributed by atoms with Crippen LogP contribution in [0.15, 0.2) is 28.8 Å². The molecule has 0 bridgehead atoms. The number of nitrogens with zero attached hydrogens (tertiary/aromatic N) is 1. The van der Waals surface area contributed by atoms with E-state index in [0.29, 0.717) is 10.6 Å². The first-order valence-electron chi connectivity index (χ1n) is 7.11. The standard InChI is InChI=1S/C15H16ClN3O3.ClH/c16-10-5-3-9(4-6-10)13-12(15(20)21)14(19-22-13)18-11-2-1-7-17-8-11;/h3-6,11,17H,1-2,7-8H2,(H,18,19)(H,20,21);1H/t11-;/m1./s1. The third-order valence-electron chi connectivity index (χ3n) is 3.65. The van der Waals surface area contributed by atoms with E-state index in [-0.39, 0.29) is 35.6 Å². The highest BCUT2D eigenvalue weighted by Gasteiger charge is 2.26. The molecule has 0 saturated carbocycles. The summed E-state index contributed by atoms with van der Waals surface area (Å²) in [6.45, 7) is 1.76. The third kappa shape index (κ3) is 3.96. The van der Waals surface area contributed by atoms with Crippen molar-refractivity contribution in [2.24, 2.45) is 0 Å². The van der Waals surface area contributed by atoms with Gasteiger partial charge in [-0.2, -0.15) is 0 Å². The SMILES string of the molecule is Cl.O=C(O)c1c(N[C@@H]2CCCNC2)noc1-c1ccc(Cl)cc1. The maximum atomic E-state index is 11.6. The van der Waals surface area contributed by atoms with Gasteiger partial charge in [0, 0.05) is 23.2 Å². The predicted molar refractivity (Wildman–Crippen MR) is 90.7 cm³/mol. The van der Waals surface area contributed by atoms with Crippen molar-refractivity contribution in [2.75, 3.05) is 18.4 Å². The van der Waals surface area contributed by atoms with Gasteiger partial charge in [0.2, 0.25) is 0 Å². The quantitative estimate of drug-likeness (QED) is 0.778. The Hall–Kier alpha value is -1.76. The number of anilines is 1. The van der Waals surface area contributed by atoms with E-state index in [4.69, 9.17) is 16.1 Å². The van der Waals surface area contributed by atoms with Crippen molar-refractivity contribution in [1.82, 2.24) is 10.5 Å². The Morgan fingerprint density at radius 1 is 1.39 bits per heavy atom. The van der Waals surface area contributed by atoms with Gasteiger partial charge in [0.15, 0.2) is 17.1 Å². The van der Waals surface area contributed by atoms with Gasteiger partial charge in [0.25, 0.3) is 0 Å². The first-order valence-corrected chi connectivity index (χ1v) is 7.49. The van der Waals surface area contributed by atoms with Gasteiger partial charge < -0.3 is 20.3 Å². The Morgan fingerprint density at radius 2 is 2.13 bits per heavy atom. The molecule has 1 saturated heterocycles. The summed E-state index contributed by atoms with van der Waals surface area (Å²) in [5.74, 6) is -0.570. The number of rotatable bonds is 4. The first kappa shape index (κ1) is 17.6. The van der Waals surface area contributed by atoms with Crippen LogP contribution in [0.1, 0.15) is 23.2 Å². The molecule has 0 amide bonds. The molecule has 0 spiro atoms. The molecule has 1 aromatic carbocycles. The Labute approximate surface area is 144 Å². The molecule has 1 atom stereocenters. The molecule has 1 aliphatic heterocycles. The minimum absolute atomic E-state index is 0. The van der Waals surface area contributed by atoms with Crippen LogP contribution in [0.5, 0.6) is 0 Å². The molecule has 0 aliphatic carbocycles. The predicted octanol–water partition coefficient (Wildman–Crippen LogP) is 3.28. The Bertz CT molecular complexity index is 667. The maximum Gasteiger partial charge on any atom is 0.343 e. The lowest BCUT2D eigenvalue weighted by molar-refractivity contribution is 0.0698. The Morgan fingerprint density at radius 3 is 2.74 bits per heavy atom. The zero-order valence-corrected chi connectivity index (χ0v) is 13.8. The molecule has 1 fully saturated rings. The van der Waals surface area contributed by atoms with Crippen molar-refractivity contribution in [2.45, 2.75) is 18.9 Å². The van der Waals surface area contributed by atoms with Crippen LogP contribution in [0.4, 0.5) is 5.82 Å². The molecule has 2 aromatic rings. The van der Waals surface area contributed by atoms with E-state index in [2.05, 4.69) is 15.8 Å². The highest BCUT2D eigenvalue weighted by Crippen LogP contribution is 2.30. The van der Waals surface area contributed by atoms with Crippen LogP contribution in [0.3, 0.4) is 0 Å². The number of carbonyl (C=O) groups is 1. The normalized spacial score (nSPS) is 17.3. The number of carboxylic acids is 1. The van der Waals surface area contributed by atoms with Crippen LogP contribution >= 0.6 is 24.0 Å². The van der Waals surface area contributed by atoms with Crippen molar-refractivity contribution in [3.05, 3.63) is 34.9 Å². The first-order chi connectivity index (χ1) is 10.6. The second-order valence-corrected chi connectivity index (χ2v) is 5.67. The number of nitrogens with one attached hydrogen (secondary N) is 2. The van der Waals surface area contributed by atoms with Crippen LogP contribution in [0, 0.1) is 0 Å². The maximum absolute atomic E-state index is 11.6. The van der Waals surface area contributed by atoms with Crippen LogP contribution in [-0.4, -0.2) is 35.4 Å². The van der Waals surface area contributed by atoms with Gasteiger partial charge in [-0.05, 0) is 43.7 Å². The second kappa shape index (κ2) is 7.68. The number of piperidine rings is 1. The summed E-state index contributed by atoms with van der Waals surface area (Å²) in [4.78, 5) is 11.6. The van der Waals surface area contributed by atoms with Crippen molar-refractivity contribution < 1.29 is 14.4 Å². The Balaban J connectivity index is 0.00000192. The lowest BCUT2D eigenvalue weighted by Crippen LogP contribution is -2.38. The van der Waals surface area contributed by atoms with Crippen molar-refractivity contribution >= 4 is 35.8 Å². The molecule has 23 heavy (non-hydrogen) atoms. The van der Waals surface area contributed by atoms with Crippen molar-refractivity contribution in [3.63, 3.8) is 0 Å². The zero-order chi connectivity index (χ0) is 15.5. The lowest BCUT2D eigenvalue weighted by Gasteiger charge is -2.23. The number of aromatic nitrogens is 1. The van der Waals surface area contributed by atoms with Crippen molar-refractivity contribution in [3.8, 4) is 11.3 Å². The van der Waals surface area contributed by atoms with Gasteiger partial charge >= 0.3 is 5.97 Å². The summed E-state index contributed by atoms with van der Waals surface area (Å²) in [5, 5.41) is 20.4. The molecule has 3 N–H and O–H groups in total. The molecule has 6 nitrogen and oxygen atoms in total. The van der Waals surface area contributed by atoms with Gasteiger partial charge in [-0.15, -0.1) is 12.4 Å². The van der Waals surface area contributed by atoms with Crippen LogP contribution < -0.4 is 10.6 Å². The molecule has 0 unspecified atom stereocenters. The van der Waals surface area contributed by atoms with Gasteiger partial charge in [-0.1, -0.05) is 16.8 Å². The highest BCUT2D eigenvalue weighted by atomic mass is 35.5. The van der Waals surface area contributed by atoms with Crippen LogP contribution in [0.2, 0.25) is 5.02 Å². The van der Waals surface area contributed by atoms with E-state index in [0.717, 1.165) is 25.9 Å². The molecular weight excluding hydrogens is 341 g/mol. The lowest BCUT2D eigenvalue weighted by atomic mass is 10.1. The number of benzene rings is 1. The number of halogens is 2. The van der Waals surface area contributed by atoms with E-state index >= 15 is 0 Å². The third-order valence-corrected chi connectivity index (χ3v) is 3.90. The molecule has 1 aliphatic rings. The fourth-order valence-electron chi connectivity index (χ4n) is 2.55. The van der Waals surface area contributed by atoms with E-state index in [1.54, 1.807) is 24.3 Å². The summed E-state index contributed by atoms with van der Waals surface area (Å²) in [6.07, 6.45) is 2.01. The summed E-state index contributed by atoms with van der Waals surface area (Å²) in [5.41, 5.74) is 0.678. The number of carboxylic acid groups (broad SMARTS) is 1. The van der Waals surface area contributed by atoms with Crippen LogP contribution in [0.25, 0.3) is 11.3 Å². The van der Waals surface area contributed by atoms with Gasteiger partial charge in [-0.25, -0.2) is 4.79 Å². The summed E-state index contributed by atoms with van der Waals surface area (Å²) < 4.78 is 5.27. The topological polar surface area (TPSA) is 87.4 Å². The van der Waals surface area contributed by atoms with E-state index < -0.39 is 5.97 Å². The Kier molecular flexibility index (Phi) is 5.87. The minimum Gasteiger partial charge on any atom is -0.477 e. The average Bonchev–Trinajstić information content (AvgIpc) is 2.93. The number of hydrogen-bond donors (Lipinski definition) is 3. The smallest absolute Gasteiger partial charge is 0.343 e. The largest absolute Gasteiger partial charge is 0.477 e. The average molecular weight is 358 g/mol. The molecule has 8 heteroatoms. The van der Waals surface area contributed by atoms with Crippen LogP contribution in [-0.2, 0) is 0 Å². The van der Waals surface area contributed by atoms with E-state index in [1.807, 2.05) is 0 Å². The highest BCUT2D eigenvalue weighted by molar-refractivity contribution is 6.30. The molecular formula is C15H17Cl2N3O3. The van der Waals surface area contributed by atoms with Gasteiger partial charge in [0.05, 0.1) is 0 Å². The number of hydrogen-bond acceptors (Lipinski definition) is 5. The van der Waals surface area contributed by atoms with E-state index in [9.17, 15) is 9.90 Å². The van der Waals surface area contributed by atoms with Crippen molar-refractivity contribution in [1.29, 1.82) is 0 Å². The van der Waals surface area contributed by atoms with E-state index in [1.165, 1.54) is 0 Å². The van der Waals surface area contributed by atoms with Gasteiger partial charge in [-0.3, -0.25) is 0 Å². The fourth-order valence-corrected chi connectivity index (χ4v) is 2.68. The molecule has 124 valence electrons. The molecule has 2 heterocycles. The second-order valence-electron chi connectivity index (χ2n) is 5.23. The zero-order valence-electron chi connectivity index (χ0n) is 12.2. The molecule has 0 radical (unpaired) electrons.